The van der Waals surface area contributed by atoms with E-state index in [-0.39, 0.29) is 12.5 Å². The summed E-state index contributed by atoms with van der Waals surface area (Å²) < 4.78 is 41.2. The molecule has 9 atom stereocenters. The number of aryl methyl sites for hydroxylation is 1. The van der Waals surface area contributed by atoms with Crippen LogP contribution >= 0.6 is 0 Å². The van der Waals surface area contributed by atoms with E-state index >= 15 is 0 Å². The van der Waals surface area contributed by atoms with Crippen molar-refractivity contribution in [3.63, 3.8) is 0 Å². The highest BCUT2D eigenvalue weighted by Gasteiger charge is 2.79. The fourth-order valence-corrected chi connectivity index (χ4v) is 5.86. The van der Waals surface area contributed by atoms with Crippen molar-refractivity contribution >= 4 is 17.9 Å². The zero-order valence-electron chi connectivity index (χ0n) is 19.7. The summed E-state index contributed by atoms with van der Waals surface area (Å²) in [5.41, 5.74) is -1.87. The monoisotopic (exact) mass is 476 g/mol. The van der Waals surface area contributed by atoms with Crippen LogP contribution in [0.15, 0.2) is 10.5 Å². The van der Waals surface area contributed by atoms with Gasteiger partial charge in [0.25, 0.3) is 0 Å². The third-order valence-corrected chi connectivity index (χ3v) is 7.88. The van der Waals surface area contributed by atoms with Crippen LogP contribution in [0.4, 0.5) is 0 Å². The first kappa shape index (κ1) is 22.1. The summed E-state index contributed by atoms with van der Waals surface area (Å²) in [5, 5.41) is 0. The van der Waals surface area contributed by atoms with Crippen LogP contribution in [0.3, 0.4) is 0 Å². The van der Waals surface area contributed by atoms with Gasteiger partial charge in [-0.25, -0.2) is 4.79 Å². The molecule has 10 nitrogen and oxygen atoms in total. The van der Waals surface area contributed by atoms with Crippen LogP contribution in [0.1, 0.15) is 69.8 Å². The van der Waals surface area contributed by atoms with Gasteiger partial charge >= 0.3 is 17.9 Å². The number of rotatable bonds is 3. The molecule has 6 rings (SSSR count). The van der Waals surface area contributed by atoms with Gasteiger partial charge in [-0.05, 0) is 38.8 Å². The second kappa shape index (κ2) is 6.83. The zero-order chi connectivity index (χ0) is 24.2. The van der Waals surface area contributed by atoms with Crippen LogP contribution < -0.4 is 0 Å². The smallest absolute Gasteiger partial charge is 0.345 e. The normalized spacial score (nSPS) is 46.0. The molecule has 1 aromatic rings. The van der Waals surface area contributed by atoms with Crippen molar-refractivity contribution in [2.75, 3.05) is 6.61 Å². The first-order chi connectivity index (χ1) is 16.0. The van der Waals surface area contributed by atoms with Crippen molar-refractivity contribution in [3.05, 3.63) is 23.2 Å². The molecular weight excluding hydrogens is 448 g/mol. The van der Waals surface area contributed by atoms with E-state index in [1.165, 1.54) is 13.8 Å². The lowest BCUT2D eigenvalue weighted by Crippen LogP contribution is -2.44. The highest BCUT2D eigenvalue weighted by Crippen LogP contribution is 2.60. The second-order valence-corrected chi connectivity index (χ2v) is 10.6. The molecule has 184 valence electrons. The molecule has 4 saturated heterocycles. The van der Waals surface area contributed by atoms with E-state index in [0.29, 0.717) is 24.5 Å². The van der Waals surface area contributed by atoms with Crippen LogP contribution in [0.2, 0.25) is 0 Å². The Morgan fingerprint density at radius 1 is 1.09 bits per heavy atom. The molecule has 0 spiro atoms. The van der Waals surface area contributed by atoms with Gasteiger partial charge in [0, 0.05) is 26.2 Å². The van der Waals surface area contributed by atoms with Gasteiger partial charge in [-0.2, -0.15) is 0 Å². The predicted octanol–water partition coefficient (Wildman–Crippen LogP) is 2.22. The maximum atomic E-state index is 13.1. The maximum absolute atomic E-state index is 13.1. The average Bonchev–Trinajstić information content (AvgIpc) is 3.67. The van der Waals surface area contributed by atoms with Gasteiger partial charge in [-0.3, -0.25) is 9.59 Å². The SMILES string of the molecule is CC(=O)O[C@@H]1c2oc(cc2C)[C@H]2O[C@]2(C)C[C@@H]2OC(=O)[C@]3(O[C@@H]23)[C@H](OC(C)=O)C[C@H]1[C@]1(C)CO1. The van der Waals surface area contributed by atoms with Crippen molar-refractivity contribution in [3.8, 4) is 0 Å². The van der Waals surface area contributed by atoms with Crippen molar-refractivity contribution in [2.24, 2.45) is 5.92 Å². The molecule has 0 aromatic carbocycles. The summed E-state index contributed by atoms with van der Waals surface area (Å²) in [4.78, 5) is 37.4. The van der Waals surface area contributed by atoms with Crippen LogP contribution in [0.25, 0.3) is 0 Å². The molecule has 4 bridgehead atoms. The minimum absolute atomic E-state index is 0.152. The topological polar surface area (TPSA) is 130 Å². The molecule has 0 radical (unpaired) electrons. The molecule has 0 unspecified atom stereocenters. The molecule has 5 aliphatic rings. The Morgan fingerprint density at radius 3 is 2.41 bits per heavy atom. The maximum Gasteiger partial charge on any atom is 0.345 e. The number of epoxide rings is 3. The number of carbonyl (C=O) groups is 3. The molecule has 4 fully saturated rings. The van der Waals surface area contributed by atoms with E-state index in [4.69, 9.17) is 32.8 Å². The summed E-state index contributed by atoms with van der Waals surface area (Å²) in [5.74, 6) is -0.966. The van der Waals surface area contributed by atoms with E-state index in [9.17, 15) is 14.4 Å². The van der Waals surface area contributed by atoms with Crippen molar-refractivity contribution in [2.45, 2.75) is 94.8 Å². The van der Waals surface area contributed by atoms with Crippen LogP contribution in [0.5, 0.6) is 0 Å². The van der Waals surface area contributed by atoms with E-state index in [0.717, 1.165) is 5.56 Å². The number of esters is 3. The highest BCUT2D eigenvalue weighted by atomic mass is 16.7. The van der Waals surface area contributed by atoms with E-state index in [1.807, 2.05) is 26.8 Å². The number of hydrogen-bond donors (Lipinski definition) is 0. The van der Waals surface area contributed by atoms with Gasteiger partial charge in [0.2, 0.25) is 5.60 Å². The van der Waals surface area contributed by atoms with Crippen LogP contribution in [-0.2, 0) is 42.8 Å². The van der Waals surface area contributed by atoms with Gasteiger partial charge in [0.15, 0.2) is 6.10 Å². The second-order valence-electron chi connectivity index (χ2n) is 10.6. The molecule has 34 heavy (non-hydrogen) atoms. The summed E-state index contributed by atoms with van der Waals surface area (Å²) in [6, 6.07) is 1.89. The van der Waals surface area contributed by atoms with Gasteiger partial charge in [0.05, 0.1) is 12.2 Å². The fraction of sp³-hybridized carbons (Fsp3) is 0.708. The number of hydrogen-bond acceptors (Lipinski definition) is 10. The number of ether oxygens (including phenoxy) is 6. The van der Waals surface area contributed by atoms with E-state index in [2.05, 4.69) is 0 Å². The number of fused-ring (bicyclic) bond motifs is 4. The summed E-state index contributed by atoms with van der Waals surface area (Å²) in [6.07, 6.45) is -2.64. The number of carbonyl (C=O) groups excluding carboxylic acids is 3. The van der Waals surface area contributed by atoms with Crippen LogP contribution in [-0.4, -0.2) is 59.6 Å². The Bertz CT molecular complexity index is 1090. The largest absolute Gasteiger partial charge is 0.459 e. The molecule has 1 aromatic heterocycles. The lowest BCUT2D eigenvalue weighted by molar-refractivity contribution is -0.169. The standard InChI is InChI=1S/C24H28O10/c1-10-6-14-19-22(4,33-19)8-15-20-24(34-20,21(27)32-15)16(29-11(2)25)7-13(23(5)9-28-23)18(17(10)31-14)30-12(3)26/h6,13,15-16,18-20H,7-9H2,1-5H3/t13-,15+,16-,18+,19-,20+,22-,23+,24+/m1/s1. The third kappa shape index (κ3) is 3.15. The summed E-state index contributed by atoms with van der Waals surface area (Å²) in [6.45, 7) is 8.75. The minimum Gasteiger partial charge on any atom is -0.459 e. The predicted molar refractivity (Wildman–Crippen MR) is 110 cm³/mol. The quantitative estimate of drug-likeness (QED) is 0.364. The Balaban J connectivity index is 1.48. The molecule has 0 amide bonds. The van der Waals surface area contributed by atoms with Crippen molar-refractivity contribution in [1.29, 1.82) is 0 Å². The van der Waals surface area contributed by atoms with Gasteiger partial charge in [0.1, 0.15) is 41.5 Å². The third-order valence-electron chi connectivity index (χ3n) is 7.88. The Labute approximate surface area is 196 Å². The average molecular weight is 476 g/mol. The summed E-state index contributed by atoms with van der Waals surface area (Å²) in [7, 11) is 0. The lowest BCUT2D eigenvalue weighted by atomic mass is 9.79. The molecular formula is C24H28O10. The van der Waals surface area contributed by atoms with Crippen molar-refractivity contribution < 1.29 is 47.2 Å². The molecule has 0 aliphatic carbocycles. The summed E-state index contributed by atoms with van der Waals surface area (Å²) >= 11 is 0. The van der Waals surface area contributed by atoms with Crippen molar-refractivity contribution in [1.82, 2.24) is 0 Å². The Kier molecular flexibility index (Phi) is 4.43. The fourth-order valence-electron chi connectivity index (χ4n) is 5.86. The van der Waals surface area contributed by atoms with Gasteiger partial charge in [-0.15, -0.1) is 0 Å². The molecule has 10 heteroatoms. The van der Waals surface area contributed by atoms with Gasteiger partial charge < -0.3 is 32.8 Å². The zero-order valence-corrected chi connectivity index (χ0v) is 19.7. The first-order valence-corrected chi connectivity index (χ1v) is 11.6. The molecule has 0 saturated carbocycles. The van der Waals surface area contributed by atoms with E-state index in [1.54, 1.807) is 0 Å². The highest BCUT2D eigenvalue weighted by molar-refractivity contribution is 5.88. The minimum atomic E-state index is -1.39. The van der Waals surface area contributed by atoms with Gasteiger partial charge in [-0.1, -0.05) is 0 Å². The Hall–Kier alpha value is -2.43. The lowest BCUT2D eigenvalue weighted by Gasteiger charge is -2.32. The van der Waals surface area contributed by atoms with E-state index < -0.39 is 65.0 Å². The molecule has 6 heterocycles. The molecule has 0 N–H and O–H groups in total. The number of furan rings is 1. The first-order valence-electron chi connectivity index (χ1n) is 11.6. The Morgan fingerprint density at radius 2 is 1.79 bits per heavy atom. The van der Waals surface area contributed by atoms with Crippen LogP contribution in [0, 0.1) is 12.8 Å². The molecule has 5 aliphatic heterocycles.